The summed E-state index contributed by atoms with van der Waals surface area (Å²) >= 11 is 0. The number of hydrogen-bond donors (Lipinski definition) is 2. The maximum absolute atomic E-state index is 13.0. The monoisotopic (exact) mass is 394 g/mol. The molecule has 2 N–H and O–H groups in total. The third-order valence-electron chi connectivity index (χ3n) is 5.77. The Kier molecular flexibility index (Phi) is 4.49. The van der Waals surface area contributed by atoms with Gasteiger partial charge in [-0.2, -0.15) is 0 Å². The summed E-state index contributed by atoms with van der Waals surface area (Å²) in [5.41, 5.74) is -1.01. The normalized spacial score (nSPS) is 20.1. The highest BCUT2D eigenvalue weighted by molar-refractivity contribution is 5.96. The van der Waals surface area contributed by atoms with E-state index in [-0.39, 0.29) is 34.5 Å². The van der Waals surface area contributed by atoms with Gasteiger partial charge in [-0.1, -0.05) is 32.0 Å². The number of amides is 1. The number of para-hydroxylation sites is 1. The van der Waals surface area contributed by atoms with Crippen LogP contribution in [0.2, 0.25) is 0 Å². The summed E-state index contributed by atoms with van der Waals surface area (Å²) in [6.45, 7) is 4.15. The topological polar surface area (TPSA) is 108 Å². The molecule has 2 aromatic heterocycles. The van der Waals surface area contributed by atoms with Crippen molar-refractivity contribution in [1.82, 2.24) is 19.9 Å². The highest BCUT2D eigenvalue weighted by Gasteiger charge is 2.53. The van der Waals surface area contributed by atoms with Crippen LogP contribution in [0.15, 0.2) is 52.2 Å². The molecule has 0 saturated heterocycles. The summed E-state index contributed by atoms with van der Waals surface area (Å²) in [7, 11) is 1.74. The third-order valence-corrected chi connectivity index (χ3v) is 5.77. The molecule has 2 atom stereocenters. The van der Waals surface area contributed by atoms with Crippen molar-refractivity contribution < 1.29 is 9.53 Å². The van der Waals surface area contributed by atoms with Gasteiger partial charge in [0.2, 0.25) is 0 Å². The molecule has 3 aromatic rings. The van der Waals surface area contributed by atoms with Crippen molar-refractivity contribution >= 4 is 16.9 Å². The smallest absolute Gasteiger partial charge is 0.327 e. The summed E-state index contributed by atoms with van der Waals surface area (Å²) in [6, 6.07) is 11.1. The summed E-state index contributed by atoms with van der Waals surface area (Å²) in [5.74, 6) is 0.575. The third kappa shape index (κ3) is 3.30. The van der Waals surface area contributed by atoms with E-state index in [1.54, 1.807) is 11.9 Å². The molecule has 1 saturated carbocycles. The average molecular weight is 394 g/mol. The van der Waals surface area contributed by atoms with Crippen LogP contribution in [0.5, 0.6) is 5.75 Å². The lowest BCUT2D eigenvalue weighted by Crippen LogP contribution is -2.63. The number of ether oxygens (including phenoxy) is 1. The van der Waals surface area contributed by atoms with Crippen LogP contribution in [-0.2, 0) is 0 Å². The predicted octanol–water partition coefficient (Wildman–Crippen LogP) is 1.93. The van der Waals surface area contributed by atoms with Crippen molar-refractivity contribution in [3.63, 3.8) is 0 Å². The Labute approximate surface area is 166 Å². The van der Waals surface area contributed by atoms with Gasteiger partial charge in [0.15, 0.2) is 0 Å². The molecule has 1 fully saturated rings. The van der Waals surface area contributed by atoms with Crippen LogP contribution in [0, 0.1) is 5.41 Å². The van der Waals surface area contributed by atoms with Crippen molar-refractivity contribution in [2.75, 3.05) is 7.05 Å². The minimum Gasteiger partial charge on any atom is -0.490 e. The number of rotatable bonds is 4. The van der Waals surface area contributed by atoms with Crippen LogP contribution < -0.4 is 16.0 Å². The lowest BCUT2D eigenvalue weighted by atomic mass is 9.63. The van der Waals surface area contributed by atoms with E-state index in [9.17, 15) is 14.4 Å². The van der Waals surface area contributed by atoms with E-state index in [1.165, 1.54) is 12.3 Å². The number of aromatic amines is 2. The first-order valence-corrected chi connectivity index (χ1v) is 9.38. The van der Waals surface area contributed by atoms with Crippen LogP contribution in [-0.4, -0.2) is 45.0 Å². The molecule has 0 bridgehead atoms. The van der Waals surface area contributed by atoms with Gasteiger partial charge >= 0.3 is 5.69 Å². The first kappa shape index (κ1) is 18.9. The maximum atomic E-state index is 13.0. The number of carbonyl (C=O) groups is 1. The molecule has 29 heavy (non-hydrogen) atoms. The van der Waals surface area contributed by atoms with Crippen LogP contribution in [0.3, 0.4) is 0 Å². The van der Waals surface area contributed by atoms with E-state index in [0.717, 1.165) is 5.75 Å². The standard InChI is InChI=1S/C21H22N4O4/c1-21(2)15(10-16(21)29-13-7-5-4-6-8-13)25(3)19(27)12-9-14-17(22-11-12)23-20(28)24-18(14)26/h4-9,11,15-16H,10H2,1-3H3,(H2,22,23,24,26,28). The zero-order chi connectivity index (χ0) is 20.8. The number of hydrogen-bond acceptors (Lipinski definition) is 5. The van der Waals surface area contributed by atoms with Gasteiger partial charge in [-0.05, 0) is 18.2 Å². The fraction of sp³-hybridized carbons (Fsp3) is 0.333. The Hall–Kier alpha value is -3.42. The Morgan fingerprint density at radius 3 is 2.62 bits per heavy atom. The van der Waals surface area contributed by atoms with Gasteiger partial charge in [0.1, 0.15) is 17.5 Å². The number of aromatic nitrogens is 3. The molecule has 0 aliphatic heterocycles. The van der Waals surface area contributed by atoms with Gasteiger partial charge in [0, 0.05) is 31.1 Å². The van der Waals surface area contributed by atoms with Gasteiger partial charge in [0.25, 0.3) is 11.5 Å². The predicted molar refractivity (Wildman–Crippen MR) is 108 cm³/mol. The lowest BCUT2D eigenvalue weighted by molar-refractivity contribution is -0.0886. The second kappa shape index (κ2) is 6.88. The number of benzene rings is 1. The van der Waals surface area contributed by atoms with E-state index < -0.39 is 11.2 Å². The molecule has 1 aliphatic rings. The van der Waals surface area contributed by atoms with Crippen molar-refractivity contribution in [2.45, 2.75) is 32.4 Å². The van der Waals surface area contributed by atoms with Crippen molar-refractivity contribution in [3.05, 3.63) is 69.0 Å². The fourth-order valence-electron chi connectivity index (χ4n) is 3.89. The Balaban J connectivity index is 1.53. The van der Waals surface area contributed by atoms with Crippen molar-refractivity contribution in [1.29, 1.82) is 0 Å². The largest absolute Gasteiger partial charge is 0.490 e. The molecule has 2 unspecified atom stereocenters. The maximum Gasteiger partial charge on any atom is 0.327 e. The molecule has 8 nitrogen and oxygen atoms in total. The van der Waals surface area contributed by atoms with Gasteiger partial charge in [-0.3, -0.25) is 19.6 Å². The summed E-state index contributed by atoms with van der Waals surface area (Å²) in [4.78, 5) is 46.7. The molecule has 8 heteroatoms. The van der Waals surface area contributed by atoms with Gasteiger partial charge in [-0.25, -0.2) is 9.78 Å². The van der Waals surface area contributed by atoms with Crippen molar-refractivity contribution in [2.24, 2.45) is 5.41 Å². The molecular weight excluding hydrogens is 372 g/mol. The number of nitrogens with one attached hydrogen (secondary N) is 2. The molecule has 1 aliphatic carbocycles. The minimum absolute atomic E-state index is 0.00667. The summed E-state index contributed by atoms with van der Waals surface area (Å²) in [6.07, 6.45) is 2.08. The number of nitrogens with zero attached hydrogens (tertiary/aromatic N) is 2. The number of pyridine rings is 1. The average Bonchev–Trinajstić information content (AvgIpc) is 2.70. The van der Waals surface area contributed by atoms with Gasteiger partial charge < -0.3 is 9.64 Å². The van der Waals surface area contributed by atoms with E-state index in [0.29, 0.717) is 12.0 Å². The zero-order valence-corrected chi connectivity index (χ0v) is 16.4. The first-order valence-electron chi connectivity index (χ1n) is 9.38. The number of fused-ring (bicyclic) bond motifs is 1. The van der Waals surface area contributed by atoms with Crippen LogP contribution >= 0.6 is 0 Å². The quantitative estimate of drug-likeness (QED) is 0.703. The Bertz CT molecular complexity index is 1180. The molecule has 150 valence electrons. The zero-order valence-electron chi connectivity index (χ0n) is 16.4. The lowest BCUT2D eigenvalue weighted by Gasteiger charge is -2.54. The highest BCUT2D eigenvalue weighted by atomic mass is 16.5. The van der Waals surface area contributed by atoms with Gasteiger partial charge in [0.05, 0.1) is 10.9 Å². The second-order valence-corrected chi connectivity index (χ2v) is 7.94. The Morgan fingerprint density at radius 1 is 1.21 bits per heavy atom. The SMILES string of the molecule is CN(C(=O)c1cnc2[nH]c(=O)[nH]c(=O)c2c1)C1CC(Oc2ccccc2)C1(C)C. The highest BCUT2D eigenvalue weighted by Crippen LogP contribution is 2.46. The van der Waals surface area contributed by atoms with Gasteiger partial charge in [-0.15, -0.1) is 0 Å². The second-order valence-electron chi connectivity index (χ2n) is 7.94. The van der Waals surface area contributed by atoms with E-state index in [1.807, 2.05) is 30.3 Å². The molecular formula is C21H22N4O4. The first-order chi connectivity index (χ1) is 13.8. The molecule has 0 spiro atoms. The van der Waals surface area contributed by atoms with Crippen LogP contribution in [0.4, 0.5) is 0 Å². The summed E-state index contributed by atoms with van der Waals surface area (Å²) in [5, 5.41) is 0.169. The van der Waals surface area contributed by atoms with E-state index >= 15 is 0 Å². The van der Waals surface area contributed by atoms with E-state index in [4.69, 9.17) is 4.74 Å². The van der Waals surface area contributed by atoms with Crippen molar-refractivity contribution in [3.8, 4) is 5.75 Å². The summed E-state index contributed by atoms with van der Waals surface area (Å²) < 4.78 is 6.09. The number of H-pyrrole nitrogens is 2. The molecule has 0 radical (unpaired) electrons. The minimum atomic E-state index is -0.633. The number of carbonyl (C=O) groups excluding carboxylic acids is 1. The Morgan fingerprint density at radius 2 is 1.93 bits per heavy atom. The van der Waals surface area contributed by atoms with E-state index in [2.05, 4.69) is 28.8 Å². The van der Waals surface area contributed by atoms with Crippen LogP contribution in [0.1, 0.15) is 30.6 Å². The molecule has 1 amide bonds. The van der Waals surface area contributed by atoms with Crippen LogP contribution in [0.25, 0.3) is 11.0 Å². The molecule has 2 heterocycles. The fourth-order valence-corrected chi connectivity index (χ4v) is 3.89. The molecule has 1 aromatic carbocycles. The molecule has 4 rings (SSSR count).